The first kappa shape index (κ1) is 15.5. The number of aliphatic hydroxyl groups is 1. The molecular formula is C17H18O6. The first-order valence-electron chi connectivity index (χ1n) is 7.15. The molecule has 23 heavy (non-hydrogen) atoms. The zero-order chi connectivity index (χ0) is 16.6. The van der Waals surface area contributed by atoms with Gasteiger partial charge >= 0.3 is 0 Å². The molecule has 1 heterocycles. The Hall–Kier alpha value is -2.44. The fraction of sp³-hybridized carbons (Fsp3) is 0.294. The summed E-state index contributed by atoms with van der Waals surface area (Å²) in [5, 5.41) is 39.3. The molecule has 2 atom stereocenters. The molecule has 6 nitrogen and oxygen atoms in total. The number of phenols is 3. The van der Waals surface area contributed by atoms with E-state index in [9.17, 15) is 20.4 Å². The minimum Gasteiger partial charge on any atom is -0.508 e. The van der Waals surface area contributed by atoms with E-state index < -0.39 is 11.7 Å². The van der Waals surface area contributed by atoms with Crippen molar-refractivity contribution in [3.8, 4) is 23.0 Å². The molecule has 3 rings (SSSR count). The van der Waals surface area contributed by atoms with Gasteiger partial charge in [0.25, 0.3) is 0 Å². The van der Waals surface area contributed by atoms with Gasteiger partial charge in [-0.2, -0.15) is 0 Å². The van der Waals surface area contributed by atoms with Gasteiger partial charge in [0, 0.05) is 25.2 Å². The minimum absolute atomic E-state index is 0.0596. The van der Waals surface area contributed by atoms with Crippen LogP contribution in [0.2, 0.25) is 0 Å². The Balaban J connectivity index is 1.94. The lowest BCUT2D eigenvalue weighted by molar-refractivity contribution is -0.137. The Morgan fingerprint density at radius 1 is 1.13 bits per heavy atom. The zero-order valence-electron chi connectivity index (χ0n) is 12.6. The summed E-state index contributed by atoms with van der Waals surface area (Å²) in [4.78, 5) is 0. The first-order valence-corrected chi connectivity index (χ1v) is 7.15. The largest absolute Gasteiger partial charge is 0.508 e. The van der Waals surface area contributed by atoms with Crippen LogP contribution in [0.1, 0.15) is 17.2 Å². The molecule has 4 N–H and O–H groups in total. The van der Waals surface area contributed by atoms with Crippen LogP contribution < -0.4 is 4.74 Å². The molecule has 2 aromatic rings. The predicted octanol–water partition coefficient (Wildman–Crippen LogP) is 1.86. The van der Waals surface area contributed by atoms with E-state index in [0.717, 1.165) is 0 Å². The van der Waals surface area contributed by atoms with Crippen molar-refractivity contribution in [1.82, 2.24) is 0 Å². The van der Waals surface area contributed by atoms with E-state index in [1.165, 1.54) is 31.4 Å². The van der Waals surface area contributed by atoms with Gasteiger partial charge < -0.3 is 29.9 Å². The molecule has 0 aliphatic carbocycles. The number of aromatic hydroxyl groups is 3. The fourth-order valence-corrected chi connectivity index (χ4v) is 2.85. The summed E-state index contributed by atoms with van der Waals surface area (Å²) >= 11 is 0. The Kier molecular flexibility index (Phi) is 3.79. The maximum atomic E-state index is 10.7. The summed E-state index contributed by atoms with van der Waals surface area (Å²) in [6, 6.07) is 8.98. The highest BCUT2D eigenvalue weighted by atomic mass is 16.6. The van der Waals surface area contributed by atoms with Gasteiger partial charge in [0.1, 0.15) is 29.8 Å². The normalized spacial score (nSPS) is 23.1. The third-order valence-electron chi connectivity index (χ3n) is 4.21. The zero-order valence-corrected chi connectivity index (χ0v) is 12.6. The highest BCUT2D eigenvalue weighted by Gasteiger charge is 2.44. The molecule has 0 aromatic heterocycles. The number of aliphatic hydroxyl groups excluding tert-OH is 1. The smallest absolute Gasteiger partial charge is 0.157 e. The molecule has 0 saturated heterocycles. The van der Waals surface area contributed by atoms with Gasteiger partial charge in [0.05, 0.1) is 0 Å². The Bertz CT molecular complexity index is 729. The third-order valence-corrected chi connectivity index (χ3v) is 4.21. The number of rotatable bonds is 3. The van der Waals surface area contributed by atoms with Gasteiger partial charge in [-0.05, 0) is 29.8 Å². The van der Waals surface area contributed by atoms with Crippen molar-refractivity contribution in [2.45, 2.75) is 18.1 Å². The van der Waals surface area contributed by atoms with Gasteiger partial charge in [-0.15, -0.1) is 0 Å². The second kappa shape index (κ2) is 5.64. The predicted molar refractivity (Wildman–Crippen MR) is 81.8 cm³/mol. The highest BCUT2D eigenvalue weighted by Crippen LogP contribution is 2.43. The SMILES string of the molecule is CO[C@]1(Cc2ccc(O)c(O)c2)COc2cc(O)ccc2[C@@H]1O. The molecule has 0 radical (unpaired) electrons. The van der Waals surface area contributed by atoms with Crippen molar-refractivity contribution in [3.63, 3.8) is 0 Å². The molecule has 6 heteroatoms. The van der Waals surface area contributed by atoms with E-state index in [1.54, 1.807) is 12.1 Å². The molecule has 0 amide bonds. The topological polar surface area (TPSA) is 99.4 Å². The third kappa shape index (κ3) is 2.67. The molecule has 0 saturated carbocycles. The van der Waals surface area contributed by atoms with Crippen LogP contribution in [0.4, 0.5) is 0 Å². The van der Waals surface area contributed by atoms with Crippen molar-refractivity contribution in [2.24, 2.45) is 0 Å². The van der Waals surface area contributed by atoms with Crippen LogP contribution in [-0.4, -0.2) is 39.7 Å². The number of phenolic OH excluding ortho intramolecular Hbond substituents is 3. The van der Waals surface area contributed by atoms with Crippen molar-refractivity contribution in [2.75, 3.05) is 13.7 Å². The minimum atomic E-state index is -1.03. The lowest BCUT2D eigenvalue weighted by Gasteiger charge is -2.41. The summed E-state index contributed by atoms with van der Waals surface area (Å²) in [5.74, 6) is 0.0369. The van der Waals surface area contributed by atoms with Crippen molar-refractivity contribution < 1.29 is 29.9 Å². The van der Waals surface area contributed by atoms with E-state index >= 15 is 0 Å². The van der Waals surface area contributed by atoms with E-state index in [1.807, 2.05) is 0 Å². The molecule has 2 aromatic carbocycles. The standard InChI is InChI=1S/C17H18O6/c1-22-17(8-10-2-5-13(19)14(20)6-10)9-23-15-7-11(18)3-4-12(15)16(17)21/h2-7,16,18-21H,8-9H2,1H3/t16-,17+/m0/s1. The second-order valence-electron chi connectivity index (χ2n) is 5.68. The van der Waals surface area contributed by atoms with Gasteiger partial charge in [-0.1, -0.05) is 6.07 Å². The summed E-state index contributed by atoms with van der Waals surface area (Å²) in [6.07, 6.45) is -0.688. The number of benzene rings is 2. The van der Waals surface area contributed by atoms with Crippen LogP contribution in [0.5, 0.6) is 23.0 Å². The van der Waals surface area contributed by atoms with Gasteiger partial charge in [-0.3, -0.25) is 0 Å². The molecular weight excluding hydrogens is 300 g/mol. The fourth-order valence-electron chi connectivity index (χ4n) is 2.85. The van der Waals surface area contributed by atoms with E-state index in [2.05, 4.69) is 0 Å². The summed E-state index contributed by atoms with van der Waals surface area (Å²) in [6.45, 7) is 0.0861. The van der Waals surface area contributed by atoms with Gasteiger partial charge in [0.15, 0.2) is 11.5 Å². The number of methoxy groups -OCH3 is 1. The maximum Gasteiger partial charge on any atom is 0.157 e. The van der Waals surface area contributed by atoms with E-state index in [-0.39, 0.29) is 30.3 Å². The summed E-state index contributed by atoms with van der Waals surface area (Å²) in [7, 11) is 1.48. The summed E-state index contributed by atoms with van der Waals surface area (Å²) in [5.41, 5.74) is 0.179. The average molecular weight is 318 g/mol. The number of ether oxygens (including phenoxy) is 2. The molecule has 0 spiro atoms. The number of hydrogen-bond donors (Lipinski definition) is 4. The summed E-state index contributed by atoms with van der Waals surface area (Å²) < 4.78 is 11.2. The van der Waals surface area contributed by atoms with E-state index in [4.69, 9.17) is 9.47 Å². The number of fused-ring (bicyclic) bond motifs is 1. The van der Waals surface area contributed by atoms with Crippen molar-refractivity contribution >= 4 is 0 Å². The van der Waals surface area contributed by atoms with Crippen LogP contribution in [0.3, 0.4) is 0 Å². The average Bonchev–Trinajstić information content (AvgIpc) is 2.54. The van der Waals surface area contributed by atoms with Crippen LogP contribution in [0.25, 0.3) is 0 Å². The van der Waals surface area contributed by atoms with Crippen LogP contribution in [-0.2, 0) is 11.2 Å². The van der Waals surface area contributed by atoms with Gasteiger partial charge in [-0.25, -0.2) is 0 Å². The molecule has 0 unspecified atom stereocenters. The Labute approximate surface area is 133 Å². The van der Waals surface area contributed by atoms with Crippen molar-refractivity contribution in [1.29, 1.82) is 0 Å². The Morgan fingerprint density at radius 2 is 1.91 bits per heavy atom. The molecule has 122 valence electrons. The lowest BCUT2D eigenvalue weighted by atomic mass is 9.83. The quantitative estimate of drug-likeness (QED) is 0.645. The molecule has 0 bridgehead atoms. The highest BCUT2D eigenvalue weighted by molar-refractivity contribution is 5.45. The molecule has 1 aliphatic rings. The maximum absolute atomic E-state index is 10.7. The second-order valence-corrected chi connectivity index (χ2v) is 5.68. The Morgan fingerprint density at radius 3 is 2.61 bits per heavy atom. The van der Waals surface area contributed by atoms with Gasteiger partial charge in [0.2, 0.25) is 0 Å². The molecule has 1 aliphatic heterocycles. The number of hydrogen-bond acceptors (Lipinski definition) is 6. The first-order chi connectivity index (χ1) is 10.9. The molecule has 0 fully saturated rings. The lowest BCUT2D eigenvalue weighted by Crippen LogP contribution is -2.49. The van der Waals surface area contributed by atoms with E-state index in [0.29, 0.717) is 16.9 Å². The monoisotopic (exact) mass is 318 g/mol. The van der Waals surface area contributed by atoms with Crippen LogP contribution in [0, 0.1) is 0 Å². The van der Waals surface area contributed by atoms with Crippen molar-refractivity contribution in [3.05, 3.63) is 47.5 Å². The van der Waals surface area contributed by atoms with Crippen LogP contribution >= 0.6 is 0 Å². The van der Waals surface area contributed by atoms with Crippen LogP contribution in [0.15, 0.2) is 36.4 Å².